The molecule has 0 bridgehead atoms. The Hall–Kier alpha value is -2.03. The summed E-state index contributed by atoms with van der Waals surface area (Å²) in [4.78, 5) is 10.2. The van der Waals surface area contributed by atoms with Gasteiger partial charge in [0.2, 0.25) is 0 Å². The summed E-state index contributed by atoms with van der Waals surface area (Å²) in [5.41, 5.74) is 2.02. The van der Waals surface area contributed by atoms with E-state index in [2.05, 4.69) is 26.6 Å². The minimum atomic E-state index is -0.408. The molecule has 0 saturated carbocycles. The summed E-state index contributed by atoms with van der Waals surface area (Å²) in [5, 5.41) is 17.2. The average Bonchev–Trinajstić information content (AvgIpc) is 2.62. The lowest BCUT2D eigenvalue weighted by molar-refractivity contribution is -0.384. The molecule has 2 rings (SSSR count). The van der Waals surface area contributed by atoms with Gasteiger partial charge in [0.15, 0.2) is 11.5 Å². The van der Waals surface area contributed by atoms with Crippen molar-refractivity contribution in [3.8, 4) is 11.5 Å². The molecule has 2 aromatic rings. The molecule has 0 aliphatic rings. The van der Waals surface area contributed by atoms with Gasteiger partial charge < -0.3 is 20.1 Å². The minimum Gasteiger partial charge on any atom is -0.492 e. The second kappa shape index (κ2) is 11.6. The molecule has 27 heavy (non-hydrogen) atoms. The fourth-order valence-electron chi connectivity index (χ4n) is 2.41. The van der Waals surface area contributed by atoms with Gasteiger partial charge in [-0.25, -0.2) is 0 Å². The SMILES string of the molecule is CCOc1cc(CNCCNc2ccc([N+](=O)[O-])cc2)cc(Br)c1OC.Cl. The molecule has 0 aliphatic heterocycles. The standard InChI is InChI=1S/C18H22BrN3O4.ClH/c1-3-26-17-11-13(10-16(19)18(17)25-2)12-20-8-9-21-14-4-6-15(7-5-14)22(23)24;/h4-7,10-11,20-21H,3,8-9,12H2,1-2H3;1H. The van der Waals surface area contributed by atoms with E-state index in [1.807, 2.05) is 19.1 Å². The van der Waals surface area contributed by atoms with Crippen LogP contribution < -0.4 is 20.1 Å². The fraction of sp³-hybridized carbons (Fsp3) is 0.333. The normalized spacial score (nSPS) is 10.0. The van der Waals surface area contributed by atoms with Crippen LogP contribution in [-0.4, -0.2) is 31.7 Å². The van der Waals surface area contributed by atoms with Gasteiger partial charge in [0.25, 0.3) is 5.69 Å². The summed E-state index contributed by atoms with van der Waals surface area (Å²) in [6.07, 6.45) is 0. The van der Waals surface area contributed by atoms with Crippen LogP contribution in [0.1, 0.15) is 12.5 Å². The maximum atomic E-state index is 10.6. The topological polar surface area (TPSA) is 85.7 Å². The molecule has 0 saturated heterocycles. The van der Waals surface area contributed by atoms with E-state index in [9.17, 15) is 10.1 Å². The van der Waals surface area contributed by atoms with Crippen molar-refractivity contribution in [1.29, 1.82) is 0 Å². The number of nitro benzene ring substituents is 1. The first kappa shape index (κ1) is 23.0. The third kappa shape index (κ3) is 6.89. The maximum absolute atomic E-state index is 10.6. The van der Waals surface area contributed by atoms with Crippen molar-refractivity contribution in [2.24, 2.45) is 0 Å². The maximum Gasteiger partial charge on any atom is 0.269 e. The molecule has 7 nitrogen and oxygen atoms in total. The lowest BCUT2D eigenvalue weighted by Crippen LogP contribution is -2.21. The van der Waals surface area contributed by atoms with Crippen molar-refractivity contribution in [3.05, 3.63) is 56.5 Å². The molecule has 0 heterocycles. The monoisotopic (exact) mass is 459 g/mol. The third-order valence-electron chi connectivity index (χ3n) is 3.61. The number of methoxy groups -OCH3 is 1. The Morgan fingerprint density at radius 1 is 1.19 bits per heavy atom. The molecule has 148 valence electrons. The van der Waals surface area contributed by atoms with Gasteiger partial charge in [-0.3, -0.25) is 10.1 Å². The summed E-state index contributed by atoms with van der Waals surface area (Å²) >= 11 is 3.50. The Morgan fingerprint density at radius 2 is 1.89 bits per heavy atom. The van der Waals surface area contributed by atoms with Crippen LogP contribution in [-0.2, 0) is 6.54 Å². The number of nitro groups is 1. The van der Waals surface area contributed by atoms with Crippen molar-refractivity contribution >= 4 is 39.7 Å². The number of nitrogens with one attached hydrogen (secondary N) is 2. The van der Waals surface area contributed by atoms with Gasteiger partial charge in [-0.2, -0.15) is 0 Å². The Kier molecular flexibility index (Phi) is 9.92. The average molecular weight is 461 g/mol. The van der Waals surface area contributed by atoms with Crippen LogP contribution >= 0.6 is 28.3 Å². The van der Waals surface area contributed by atoms with Crippen molar-refractivity contribution in [1.82, 2.24) is 5.32 Å². The van der Waals surface area contributed by atoms with Crippen LogP contribution in [0.5, 0.6) is 11.5 Å². The smallest absolute Gasteiger partial charge is 0.269 e. The number of halogens is 2. The number of hydrogen-bond acceptors (Lipinski definition) is 6. The number of non-ortho nitro benzene ring substituents is 1. The van der Waals surface area contributed by atoms with E-state index in [0.717, 1.165) is 22.3 Å². The summed E-state index contributed by atoms with van der Waals surface area (Å²) in [6.45, 7) is 4.63. The molecular weight excluding hydrogens is 438 g/mol. The largest absolute Gasteiger partial charge is 0.492 e. The van der Waals surface area contributed by atoms with E-state index in [4.69, 9.17) is 9.47 Å². The van der Waals surface area contributed by atoms with Gasteiger partial charge in [0, 0.05) is 37.5 Å². The molecular formula is C18H23BrClN3O4. The van der Waals surface area contributed by atoms with Gasteiger partial charge >= 0.3 is 0 Å². The summed E-state index contributed by atoms with van der Waals surface area (Å²) < 4.78 is 11.8. The number of benzene rings is 2. The molecule has 0 amide bonds. The van der Waals surface area contributed by atoms with Crippen LogP contribution in [0.4, 0.5) is 11.4 Å². The second-order valence-electron chi connectivity index (χ2n) is 5.45. The predicted octanol–water partition coefficient (Wildman–Crippen LogP) is 4.39. The Labute approximate surface area is 173 Å². The highest BCUT2D eigenvalue weighted by Gasteiger charge is 2.11. The molecule has 2 N–H and O–H groups in total. The molecule has 0 unspecified atom stereocenters. The zero-order chi connectivity index (χ0) is 18.9. The summed E-state index contributed by atoms with van der Waals surface area (Å²) in [7, 11) is 1.62. The Balaban J connectivity index is 0.00000364. The molecule has 0 fully saturated rings. The summed E-state index contributed by atoms with van der Waals surface area (Å²) in [5.74, 6) is 1.40. The highest BCUT2D eigenvalue weighted by molar-refractivity contribution is 9.10. The molecule has 0 spiro atoms. The van der Waals surface area contributed by atoms with Gasteiger partial charge in [0.1, 0.15) is 0 Å². The first-order chi connectivity index (χ1) is 12.5. The fourth-order valence-corrected chi connectivity index (χ4v) is 3.06. The van der Waals surface area contributed by atoms with Crippen molar-refractivity contribution < 1.29 is 14.4 Å². The van der Waals surface area contributed by atoms with Gasteiger partial charge in [0.05, 0.1) is 23.1 Å². The zero-order valence-electron chi connectivity index (χ0n) is 15.2. The van der Waals surface area contributed by atoms with Crippen LogP contribution in [0, 0.1) is 10.1 Å². The first-order valence-electron chi connectivity index (χ1n) is 8.23. The summed E-state index contributed by atoms with van der Waals surface area (Å²) in [6, 6.07) is 10.3. The van der Waals surface area contributed by atoms with Crippen molar-refractivity contribution in [2.45, 2.75) is 13.5 Å². The van der Waals surface area contributed by atoms with Crippen LogP contribution in [0.15, 0.2) is 40.9 Å². The first-order valence-corrected chi connectivity index (χ1v) is 9.02. The number of nitrogens with zero attached hydrogens (tertiary/aromatic N) is 1. The third-order valence-corrected chi connectivity index (χ3v) is 4.20. The minimum absolute atomic E-state index is 0. The molecule has 9 heteroatoms. The molecule has 0 atom stereocenters. The molecule has 2 aromatic carbocycles. The van der Waals surface area contributed by atoms with Crippen molar-refractivity contribution in [3.63, 3.8) is 0 Å². The van der Waals surface area contributed by atoms with Crippen molar-refractivity contribution in [2.75, 3.05) is 32.1 Å². The van der Waals surface area contributed by atoms with Gasteiger partial charge in [-0.15, -0.1) is 12.4 Å². The molecule has 0 aromatic heterocycles. The van der Waals surface area contributed by atoms with E-state index >= 15 is 0 Å². The molecule has 0 aliphatic carbocycles. The lowest BCUT2D eigenvalue weighted by atomic mass is 10.2. The van der Waals surface area contributed by atoms with Crippen LogP contribution in [0.3, 0.4) is 0 Å². The number of anilines is 1. The van der Waals surface area contributed by atoms with E-state index < -0.39 is 4.92 Å². The number of rotatable bonds is 10. The Bertz CT molecular complexity index is 744. The van der Waals surface area contributed by atoms with Gasteiger partial charge in [-0.05, 0) is 52.7 Å². The number of ether oxygens (including phenoxy) is 2. The second-order valence-corrected chi connectivity index (χ2v) is 6.30. The van der Waals surface area contributed by atoms with E-state index in [1.54, 1.807) is 19.2 Å². The van der Waals surface area contributed by atoms with E-state index in [1.165, 1.54) is 12.1 Å². The number of hydrogen-bond donors (Lipinski definition) is 2. The highest BCUT2D eigenvalue weighted by Crippen LogP contribution is 2.36. The van der Waals surface area contributed by atoms with Crippen LogP contribution in [0.2, 0.25) is 0 Å². The molecule has 0 radical (unpaired) electrons. The Morgan fingerprint density at radius 3 is 2.48 bits per heavy atom. The predicted molar refractivity (Wildman–Crippen MR) is 112 cm³/mol. The van der Waals surface area contributed by atoms with Crippen LogP contribution in [0.25, 0.3) is 0 Å². The van der Waals surface area contributed by atoms with E-state index in [-0.39, 0.29) is 18.1 Å². The lowest BCUT2D eigenvalue weighted by Gasteiger charge is -2.14. The highest BCUT2D eigenvalue weighted by atomic mass is 79.9. The van der Waals surface area contributed by atoms with E-state index in [0.29, 0.717) is 31.2 Å². The van der Waals surface area contributed by atoms with Gasteiger partial charge in [-0.1, -0.05) is 0 Å². The zero-order valence-corrected chi connectivity index (χ0v) is 17.6. The quantitative estimate of drug-likeness (QED) is 0.311.